The lowest BCUT2D eigenvalue weighted by Gasteiger charge is -2.29. The fourth-order valence-corrected chi connectivity index (χ4v) is 4.60. The number of aryl methyl sites for hydroxylation is 3. The van der Waals surface area contributed by atoms with E-state index in [2.05, 4.69) is 73.9 Å². The van der Waals surface area contributed by atoms with E-state index in [1.54, 1.807) is 0 Å². The molecule has 0 radical (unpaired) electrons. The second kappa shape index (κ2) is 8.94. The van der Waals surface area contributed by atoms with Gasteiger partial charge in [0.05, 0.1) is 12.1 Å². The van der Waals surface area contributed by atoms with E-state index in [0.717, 1.165) is 29.8 Å². The summed E-state index contributed by atoms with van der Waals surface area (Å²) in [5, 5.41) is 6.67. The molecule has 31 heavy (non-hydrogen) atoms. The Hall–Kier alpha value is -3.11. The van der Waals surface area contributed by atoms with Crippen LogP contribution in [-0.2, 0) is 11.2 Å². The molecule has 0 aliphatic carbocycles. The van der Waals surface area contributed by atoms with Gasteiger partial charge in [-0.15, -0.1) is 0 Å². The van der Waals surface area contributed by atoms with Crippen molar-refractivity contribution >= 4 is 11.6 Å². The van der Waals surface area contributed by atoms with Gasteiger partial charge >= 0.3 is 0 Å². The van der Waals surface area contributed by atoms with Crippen LogP contribution in [0.5, 0.6) is 0 Å². The fraction of sp³-hybridized carbons (Fsp3) is 0.296. The maximum atomic E-state index is 13.0. The minimum atomic E-state index is -0.573. The fourth-order valence-electron chi connectivity index (χ4n) is 4.60. The molecule has 4 heteroatoms. The summed E-state index contributed by atoms with van der Waals surface area (Å²) in [6, 6.07) is 20.4. The predicted octanol–water partition coefficient (Wildman–Crippen LogP) is 4.82. The third kappa shape index (κ3) is 4.64. The van der Waals surface area contributed by atoms with Gasteiger partial charge in [-0.05, 0) is 79.1 Å². The van der Waals surface area contributed by atoms with Crippen molar-refractivity contribution in [2.75, 3.05) is 11.9 Å². The van der Waals surface area contributed by atoms with Crippen LogP contribution in [0, 0.1) is 20.8 Å². The van der Waals surface area contributed by atoms with Crippen LogP contribution in [0.2, 0.25) is 0 Å². The van der Waals surface area contributed by atoms with Gasteiger partial charge in [-0.2, -0.15) is 0 Å². The average Bonchev–Trinajstić information content (AvgIpc) is 2.76. The lowest BCUT2D eigenvalue weighted by Crippen LogP contribution is -2.44. The number of nitrogens with one attached hydrogen (secondary N) is 2. The molecule has 4 nitrogen and oxygen atoms in total. The van der Waals surface area contributed by atoms with Gasteiger partial charge in [-0.3, -0.25) is 4.79 Å². The van der Waals surface area contributed by atoms with Crippen molar-refractivity contribution in [2.24, 2.45) is 5.73 Å². The molecular formula is C27H31N3O. The summed E-state index contributed by atoms with van der Waals surface area (Å²) >= 11 is 0. The maximum Gasteiger partial charge on any atom is 0.237 e. The molecule has 4 N–H and O–H groups in total. The third-order valence-corrected chi connectivity index (χ3v) is 6.20. The quantitative estimate of drug-likeness (QED) is 0.562. The van der Waals surface area contributed by atoms with Crippen LogP contribution in [0.3, 0.4) is 0 Å². The molecule has 0 fully saturated rings. The second-order valence-corrected chi connectivity index (χ2v) is 8.63. The number of nitrogens with two attached hydrogens (primary N) is 1. The normalized spacial score (nSPS) is 16.2. The molecule has 3 aromatic carbocycles. The highest BCUT2D eigenvalue weighted by molar-refractivity contribution is 5.83. The van der Waals surface area contributed by atoms with Crippen molar-refractivity contribution in [3.8, 4) is 11.1 Å². The van der Waals surface area contributed by atoms with E-state index in [1.165, 1.54) is 27.8 Å². The first kappa shape index (κ1) is 21.1. The molecule has 1 amide bonds. The topological polar surface area (TPSA) is 67.2 Å². The highest BCUT2D eigenvalue weighted by Gasteiger charge is 2.25. The van der Waals surface area contributed by atoms with Crippen molar-refractivity contribution in [3.63, 3.8) is 0 Å². The largest absolute Gasteiger partial charge is 0.385 e. The number of fused-ring (bicyclic) bond motifs is 1. The van der Waals surface area contributed by atoms with Crippen molar-refractivity contribution in [1.82, 2.24) is 5.32 Å². The van der Waals surface area contributed by atoms with Gasteiger partial charge in [0.1, 0.15) is 0 Å². The Balaban J connectivity index is 1.52. The van der Waals surface area contributed by atoms with Crippen LogP contribution >= 0.6 is 0 Å². The molecule has 3 aromatic rings. The van der Waals surface area contributed by atoms with Crippen LogP contribution in [0.25, 0.3) is 11.1 Å². The summed E-state index contributed by atoms with van der Waals surface area (Å²) in [5.74, 6) is -0.0951. The van der Waals surface area contributed by atoms with Gasteiger partial charge in [-0.1, -0.05) is 54.1 Å². The van der Waals surface area contributed by atoms with E-state index in [-0.39, 0.29) is 11.9 Å². The first-order valence-corrected chi connectivity index (χ1v) is 11.0. The number of carbonyl (C=O) groups excluding carboxylic acids is 1. The van der Waals surface area contributed by atoms with E-state index in [9.17, 15) is 4.79 Å². The molecular weight excluding hydrogens is 382 g/mol. The number of hydrogen-bond donors (Lipinski definition) is 3. The molecule has 1 heterocycles. The Bertz CT molecular complexity index is 1070. The number of carbonyl (C=O) groups is 1. The molecule has 2 atom stereocenters. The molecule has 0 saturated carbocycles. The Labute approximate surface area is 184 Å². The second-order valence-electron chi connectivity index (χ2n) is 8.63. The Morgan fingerprint density at radius 2 is 1.74 bits per heavy atom. The van der Waals surface area contributed by atoms with Crippen LogP contribution in [0.1, 0.15) is 40.3 Å². The minimum absolute atomic E-state index is 0.0429. The molecule has 1 aliphatic rings. The maximum absolute atomic E-state index is 13.0. The molecule has 2 unspecified atom stereocenters. The van der Waals surface area contributed by atoms with E-state index in [0.29, 0.717) is 6.42 Å². The van der Waals surface area contributed by atoms with Crippen LogP contribution in [0.15, 0.2) is 60.7 Å². The summed E-state index contributed by atoms with van der Waals surface area (Å²) in [7, 11) is 0. The van der Waals surface area contributed by atoms with Gasteiger partial charge in [-0.25, -0.2) is 0 Å². The summed E-state index contributed by atoms with van der Waals surface area (Å²) < 4.78 is 0. The smallest absolute Gasteiger partial charge is 0.237 e. The summed E-state index contributed by atoms with van der Waals surface area (Å²) in [4.78, 5) is 13.0. The van der Waals surface area contributed by atoms with Gasteiger partial charge in [0.2, 0.25) is 5.91 Å². The van der Waals surface area contributed by atoms with Gasteiger partial charge in [0, 0.05) is 12.2 Å². The van der Waals surface area contributed by atoms with Crippen LogP contribution in [0.4, 0.5) is 5.69 Å². The zero-order chi connectivity index (χ0) is 22.0. The Morgan fingerprint density at radius 1 is 1.03 bits per heavy atom. The number of amides is 1. The van der Waals surface area contributed by atoms with Gasteiger partial charge in [0.15, 0.2) is 0 Å². The summed E-state index contributed by atoms with van der Waals surface area (Å²) in [6.45, 7) is 7.10. The van der Waals surface area contributed by atoms with E-state index in [4.69, 9.17) is 5.73 Å². The van der Waals surface area contributed by atoms with E-state index >= 15 is 0 Å². The first-order chi connectivity index (χ1) is 14.9. The monoisotopic (exact) mass is 413 g/mol. The van der Waals surface area contributed by atoms with Crippen LogP contribution < -0.4 is 16.4 Å². The number of rotatable bonds is 5. The van der Waals surface area contributed by atoms with Crippen molar-refractivity contribution in [3.05, 3.63) is 88.5 Å². The first-order valence-electron chi connectivity index (χ1n) is 11.0. The zero-order valence-corrected chi connectivity index (χ0v) is 18.5. The predicted molar refractivity (Wildman–Crippen MR) is 128 cm³/mol. The molecule has 0 aromatic heterocycles. The lowest BCUT2D eigenvalue weighted by atomic mass is 9.92. The standard InChI is InChI=1S/C27H31N3O/c1-17-13-18(2)22(19(3)14-17)16-24(28)27(31)30-26-11-12-29-25-10-9-21(15-23(25)26)20-7-5-4-6-8-20/h4-10,13-15,24,26,29H,11-12,16,28H2,1-3H3,(H,30,31). The molecule has 4 rings (SSSR count). The molecule has 0 saturated heterocycles. The SMILES string of the molecule is Cc1cc(C)c(CC(N)C(=O)NC2CCNc3ccc(-c4ccccc4)cc32)c(C)c1. The molecule has 1 aliphatic heterocycles. The summed E-state index contributed by atoms with van der Waals surface area (Å²) in [5.41, 5.74) is 15.7. The van der Waals surface area contributed by atoms with Gasteiger partial charge in [0.25, 0.3) is 0 Å². The Morgan fingerprint density at radius 3 is 2.45 bits per heavy atom. The van der Waals surface area contributed by atoms with Crippen molar-refractivity contribution < 1.29 is 4.79 Å². The number of benzene rings is 3. The van der Waals surface area contributed by atoms with Crippen LogP contribution in [-0.4, -0.2) is 18.5 Å². The lowest BCUT2D eigenvalue weighted by molar-refractivity contribution is -0.123. The van der Waals surface area contributed by atoms with E-state index < -0.39 is 6.04 Å². The summed E-state index contributed by atoms with van der Waals surface area (Å²) in [6.07, 6.45) is 1.39. The third-order valence-electron chi connectivity index (χ3n) is 6.20. The zero-order valence-electron chi connectivity index (χ0n) is 18.5. The molecule has 0 spiro atoms. The minimum Gasteiger partial charge on any atom is -0.385 e. The Kier molecular flexibility index (Phi) is 6.10. The van der Waals surface area contributed by atoms with Crippen molar-refractivity contribution in [2.45, 2.75) is 45.7 Å². The highest BCUT2D eigenvalue weighted by atomic mass is 16.2. The number of anilines is 1. The van der Waals surface area contributed by atoms with Crippen molar-refractivity contribution in [1.29, 1.82) is 0 Å². The van der Waals surface area contributed by atoms with E-state index in [1.807, 2.05) is 18.2 Å². The highest BCUT2D eigenvalue weighted by Crippen LogP contribution is 2.33. The molecule has 0 bridgehead atoms. The number of hydrogen-bond acceptors (Lipinski definition) is 3. The average molecular weight is 414 g/mol. The van der Waals surface area contributed by atoms with Gasteiger partial charge < -0.3 is 16.4 Å². The molecule has 160 valence electrons.